The molecule has 0 amide bonds. The Morgan fingerprint density at radius 2 is 1.62 bits per heavy atom. The van der Waals surface area contributed by atoms with Gasteiger partial charge in [0.1, 0.15) is 0 Å². The zero-order valence-corrected chi connectivity index (χ0v) is 8.77. The molecule has 0 spiro atoms. The minimum absolute atomic E-state index is 0.749. The molecule has 1 aliphatic rings. The number of hydrogen-bond donors (Lipinski definition) is 0. The Morgan fingerprint density at radius 3 is 1.88 bits per heavy atom. The Kier molecular flexibility index (Phi) is 2.94. The van der Waals surface area contributed by atoms with Crippen LogP contribution in [0.2, 0.25) is 0 Å². The molecule has 8 heteroatoms. The summed E-state index contributed by atoms with van der Waals surface area (Å²) in [6.07, 6.45) is -2.97. The van der Waals surface area contributed by atoms with Crippen LogP contribution in [0.4, 0.5) is 30.7 Å². The Morgan fingerprint density at radius 1 is 1.19 bits per heavy atom. The van der Waals surface area contributed by atoms with E-state index < -0.39 is 41.7 Å². The van der Waals surface area contributed by atoms with Gasteiger partial charge in [-0.15, -0.1) is 0 Å². The van der Waals surface area contributed by atoms with Gasteiger partial charge in [0, 0.05) is 12.8 Å². The summed E-state index contributed by atoms with van der Waals surface area (Å²) in [5.74, 6) is -16.5. The monoisotopic (exact) mass is 272 g/mol. The summed E-state index contributed by atoms with van der Waals surface area (Å²) in [7, 11) is 0. The highest BCUT2D eigenvalue weighted by Crippen LogP contribution is 2.64. The van der Waals surface area contributed by atoms with Gasteiger partial charge >= 0.3 is 11.8 Å². The fraction of sp³-hybridized carbons (Fsp3) is 1.00. The molecule has 16 heavy (non-hydrogen) atoms. The predicted octanol–water partition coefficient (Wildman–Crippen LogP) is 4.23. The maximum Gasteiger partial charge on any atom is 0.317 e. The lowest BCUT2D eigenvalue weighted by Gasteiger charge is -2.49. The van der Waals surface area contributed by atoms with Crippen molar-refractivity contribution < 1.29 is 30.7 Å². The first kappa shape index (κ1) is 13.9. The van der Waals surface area contributed by atoms with Crippen molar-refractivity contribution in [2.24, 2.45) is 5.92 Å². The molecule has 1 saturated carbocycles. The molecule has 1 aliphatic carbocycles. The topological polar surface area (TPSA) is 0 Å². The molecule has 0 saturated heterocycles. The Balaban J connectivity index is 2.98. The maximum absolute atomic E-state index is 13.1. The van der Waals surface area contributed by atoms with Gasteiger partial charge < -0.3 is 0 Å². The molecule has 0 unspecified atom stereocenters. The quantitative estimate of drug-likeness (QED) is 0.533. The lowest BCUT2D eigenvalue weighted by atomic mass is 9.72. The van der Waals surface area contributed by atoms with Crippen LogP contribution >= 0.6 is 11.6 Å². The van der Waals surface area contributed by atoms with E-state index in [1.54, 1.807) is 0 Å². The second-order valence-electron chi connectivity index (χ2n) is 3.77. The van der Waals surface area contributed by atoms with Crippen molar-refractivity contribution in [3.8, 4) is 0 Å². The first-order valence-electron chi connectivity index (χ1n) is 4.41. The van der Waals surface area contributed by atoms with Gasteiger partial charge in [-0.2, -0.15) is 17.6 Å². The van der Waals surface area contributed by atoms with Gasteiger partial charge in [0.05, 0.1) is 5.92 Å². The summed E-state index contributed by atoms with van der Waals surface area (Å²) < 4.78 is 89.7. The second kappa shape index (κ2) is 3.40. The van der Waals surface area contributed by atoms with E-state index in [4.69, 9.17) is 0 Å². The number of hydrogen-bond acceptors (Lipinski definition) is 0. The molecule has 0 nitrogen and oxygen atoms in total. The highest BCUT2D eigenvalue weighted by atomic mass is 35.5. The zero-order valence-electron chi connectivity index (χ0n) is 8.02. The molecular weight excluding hydrogens is 265 g/mol. The molecule has 0 N–H and O–H groups in total. The van der Waals surface area contributed by atoms with Gasteiger partial charge in [0.15, 0.2) is 0 Å². The van der Waals surface area contributed by atoms with Crippen LogP contribution in [-0.2, 0) is 0 Å². The zero-order chi connectivity index (χ0) is 13.0. The van der Waals surface area contributed by atoms with Crippen molar-refractivity contribution in [3.63, 3.8) is 0 Å². The molecule has 2 atom stereocenters. The molecule has 0 aromatic rings. The van der Waals surface area contributed by atoms with Gasteiger partial charge in [-0.25, -0.2) is 13.2 Å². The minimum atomic E-state index is -4.89. The molecule has 1 rings (SSSR count). The van der Waals surface area contributed by atoms with Crippen LogP contribution in [0.5, 0.6) is 0 Å². The lowest BCUT2D eigenvalue weighted by Crippen LogP contribution is -2.67. The molecule has 0 bridgehead atoms. The van der Waals surface area contributed by atoms with E-state index >= 15 is 0 Å². The van der Waals surface area contributed by atoms with Crippen molar-refractivity contribution in [3.05, 3.63) is 0 Å². The third kappa shape index (κ3) is 1.58. The SMILES string of the molecule is CCC(F)(F)C(F)(F)[C@H]1CC(F)(F)[C@@]1(F)Cl. The minimum Gasteiger partial charge on any atom is -0.219 e. The third-order valence-electron chi connectivity index (χ3n) is 2.76. The van der Waals surface area contributed by atoms with Crippen LogP contribution < -0.4 is 0 Å². The van der Waals surface area contributed by atoms with Crippen molar-refractivity contribution >= 4 is 11.6 Å². The van der Waals surface area contributed by atoms with Crippen molar-refractivity contribution in [1.29, 1.82) is 0 Å². The van der Waals surface area contributed by atoms with Crippen molar-refractivity contribution in [1.82, 2.24) is 0 Å². The van der Waals surface area contributed by atoms with Crippen LogP contribution in [0, 0.1) is 5.92 Å². The summed E-state index contributed by atoms with van der Waals surface area (Å²) in [6.45, 7) is 0.749. The highest BCUT2D eigenvalue weighted by Gasteiger charge is 2.80. The fourth-order valence-corrected chi connectivity index (χ4v) is 1.78. The van der Waals surface area contributed by atoms with E-state index in [1.807, 2.05) is 0 Å². The van der Waals surface area contributed by atoms with E-state index in [1.165, 1.54) is 0 Å². The molecular formula is C8H8ClF7. The van der Waals surface area contributed by atoms with Crippen LogP contribution in [0.15, 0.2) is 0 Å². The average molecular weight is 273 g/mol. The first-order valence-corrected chi connectivity index (χ1v) is 4.79. The van der Waals surface area contributed by atoms with E-state index in [2.05, 4.69) is 11.6 Å². The summed E-state index contributed by atoms with van der Waals surface area (Å²) >= 11 is 4.58. The highest BCUT2D eigenvalue weighted by molar-refractivity contribution is 6.24. The molecule has 96 valence electrons. The first-order chi connectivity index (χ1) is 6.90. The summed E-state index contributed by atoms with van der Waals surface area (Å²) in [5.41, 5.74) is 0. The van der Waals surface area contributed by atoms with Crippen LogP contribution in [-0.4, -0.2) is 22.9 Å². The molecule has 0 aromatic carbocycles. The molecule has 1 fully saturated rings. The number of alkyl halides is 8. The summed E-state index contributed by atoms with van der Waals surface area (Å²) in [4.78, 5) is 0. The van der Waals surface area contributed by atoms with Gasteiger partial charge in [-0.05, 0) is 0 Å². The summed E-state index contributed by atoms with van der Waals surface area (Å²) in [5, 5.41) is -4.12. The van der Waals surface area contributed by atoms with Crippen molar-refractivity contribution in [2.45, 2.75) is 42.7 Å². The van der Waals surface area contributed by atoms with Crippen molar-refractivity contribution in [2.75, 3.05) is 0 Å². The number of rotatable bonds is 3. The van der Waals surface area contributed by atoms with Gasteiger partial charge in [-0.3, -0.25) is 0 Å². The van der Waals surface area contributed by atoms with Crippen LogP contribution in [0.3, 0.4) is 0 Å². The maximum atomic E-state index is 13.1. The van der Waals surface area contributed by atoms with Crippen LogP contribution in [0.1, 0.15) is 19.8 Å². The molecule has 0 aromatic heterocycles. The fourth-order valence-electron chi connectivity index (χ4n) is 1.49. The molecule has 0 radical (unpaired) electrons. The van der Waals surface area contributed by atoms with E-state index in [0.29, 0.717) is 0 Å². The lowest BCUT2D eigenvalue weighted by molar-refractivity contribution is -0.321. The Hall–Kier alpha value is -0.200. The van der Waals surface area contributed by atoms with Gasteiger partial charge in [0.2, 0.25) is 0 Å². The van der Waals surface area contributed by atoms with Gasteiger partial charge in [-0.1, -0.05) is 18.5 Å². The predicted molar refractivity (Wildman–Crippen MR) is 42.9 cm³/mol. The Labute approximate surface area is 91.8 Å². The third-order valence-corrected chi connectivity index (χ3v) is 3.30. The standard InChI is InChI=1S/C8H8ClF7/c1-2-5(10,11)8(15,16)4-3-6(12,13)7(4,9)14/h4H,2-3H2,1H3/t4-,7+/m0/s1. The van der Waals surface area contributed by atoms with Gasteiger partial charge in [0.25, 0.3) is 11.1 Å². The molecule has 0 aliphatic heterocycles. The second-order valence-corrected chi connectivity index (χ2v) is 4.32. The number of halogens is 8. The Bertz CT molecular complexity index is 286. The van der Waals surface area contributed by atoms with E-state index in [9.17, 15) is 30.7 Å². The smallest absolute Gasteiger partial charge is 0.219 e. The summed E-state index contributed by atoms with van der Waals surface area (Å²) in [6, 6.07) is 0. The molecule has 0 heterocycles. The van der Waals surface area contributed by atoms with E-state index in [-0.39, 0.29) is 0 Å². The van der Waals surface area contributed by atoms with E-state index in [0.717, 1.165) is 6.92 Å². The normalized spacial score (nSPS) is 34.7. The largest absolute Gasteiger partial charge is 0.317 e. The van der Waals surface area contributed by atoms with Crippen LogP contribution in [0.25, 0.3) is 0 Å². The average Bonchev–Trinajstić information content (AvgIpc) is 2.13.